The first-order valence-corrected chi connectivity index (χ1v) is 5.25. The number of ether oxygens (including phenoxy) is 1. The van der Waals surface area contributed by atoms with Gasteiger partial charge in [0.05, 0.1) is 6.61 Å². The van der Waals surface area contributed by atoms with Crippen molar-refractivity contribution in [2.45, 2.75) is 31.3 Å². The van der Waals surface area contributed by atoms with E-state index < -0.39 is 5.60 Å². The summed E-state index contributed by atoms with van der Waals surface area (Å²) in [6.07, 6.45) is 4.82. The van der Waals surface area contributed by atoms with Gasteiger partial charge in [0.25, 0.3) is 0 Å². The lowest BCUT2D eigenvalue weighted by molar-refractivity contribution is -0.0570. The Kier molecular flexibility index (Phi) is 2.58. The van der Waals surface area contributed by atoms with Gasteiger partial charge in [-0.2, -0.15) is 0 Å². The second kappa shape index (κ2) is 3.56. The van der Waals surface area contributed by atoms with Crippen molar-refractivity contribution >= 4 is 0 Å². The van der Waals surface area contributed by atoms with Gasteiger partial charge in [0, 0.05) is 13.2 Å². The molecular formula is C10H19NO2. The molecule has 2 aliphatic rings. The third kappa shape index (κ3) is 2.42. The van der Waals surface area contributed by atoms with Crippen molar-refractivity contribution in [3.63, 3.8) is 0 Å². The van der Waals surface area contributed by atoms with Gasteiger partial charge in [-0.25, -0.2) is 0 Å². The standard InChI is InChI=1S/C10H19NO2/c11-6-10(12,9-3-4-9)7-13-5-8-1-2-8/h8-9,12H,1-7,11H2. The highest BCUT2D eigenvalue weighted by molar-refractivity contribution is 4.95. The Bertz CT molecular complexity index is 178. The summed E-state index contributed by atoms with van der Waals surface area (Å²) in [7, 11) is 0. The Morgan fingerprint density at radius 3 is 2.46 bits per heavy atom. The third-order valence-electron chi connectivity index (χ3n) is 3.09. The third-order valence-corrected chi connectivity index (χ3v) is 3.09. The molecule has 2 aliphatic carbocycles. The van der Waals surface area contributed by atoms with Crippen LogP contribution in [-0.4, -0.2) is 30.5 Å². The molecule has 0 aliphatic heterocycles. The van der Waals surface area contributed by atoms with Crippen molar-refractivity contribution in [3.8, 4) is 0 Å². The van der Waals surface area contributed by atoms with Crippen LogP contribution in [-0.2, 0) is 4.74 Å². The van der Waals surface area contributed by atoms with Crippen LogP contribution >= 0.6 is 0 Å². The molecule has 0 bridgehead atoms. The number of nitrogens with two attached hydrogens (primary N) is 1. The maximum absolute atomic E-state index is 10.0. The summed E-state index contributed by atoms with van der Waals surface area (Å²) in [5, 5.41) is 10.0. The molecule has 2 saturated carbocycles. The van der Waals surface area contributed by atoms with Crippen LogP contribution in [0, 0.1) is 11.8 Å². The minimum Gasteiger partial charge on any atom is -0.386 e. The van der Waals surface area contributed by atoms with Gasteiger partial charge in [-0.15, -0.1) is 0 Å². The molecule has 3 heteroatoms. The fraction of sp³-hybridized carbons (Fsp3) is 1.00. The highest BCUT2D eigenvalue weighted by atomic mass is 16.5. The van der Waals surface area contributed by atoms with E-state index in [1.54, 1.807) is 0 Å². The molecule has 3 nitrogen and oxygen atoms in total. The van der Waals surface area contributed by atoms with E-state index in [2.05, 4.69) is 0 Å². The van der Waals surface area contributed by atoms with Gasteiger partial charge in [0.1, 0.15) is 5.60 Å². The molecule has 1 unspecified atom stereocenters. The minimum atomic E-state index is -0.727. The fourth-order valence-electron chi connectivity index (χ4n) is 1.65. The Hall–Kier alpha value is -0.120. The molecule has 3 N–H and O–H groups in total. The summed E-state index contributed by atoms with van der Waals surface area (Å²) < 4.78 is 5.48. The summed E-state index contributed by atoms with van der Waals surface area (Å²) in [4.78, 5) is 0. The van der Waals surface area contributed by atoms with Crippen LogP contribution in [0.4, 0.5) is 0 Å². The maximum atomic E-state index is 10.0. The number of aliphatic hydroxyl groups is 1. The summed E-state index contributed by atoms with van der Waals surface area (Å²) in [5.74, 6) is 1.16. The first-order valence-electron chi connectivity index (χ1n) is 5.25. The zero-order valence-corrected chi connectivity index (χ0v) is 8.04. The average Bonchev–Trinajstić information content (AvgIpc) is 2.96. The molecule has 0 radical (unpaired) electrons. The molecule has 1 atom stereocenters. The van der Waals surface area contributed by atoms with Gasteiger partial charge < -0.3 is 15.6 Å². The van der Waals surface area contributed by atoms with Crippen molar-refractivity contribution in [2.75, 3.05) is 19.8 Å². The van der Waals surface area contributed by atoms with Gasteiger partial charge >= 0.3 is 0 Å². The summed E-state index contributed by atoms with van der Waals surface area (Å²) >= 11 is 0. The highest BCUT2D eigenvalue weighted by Gasteiger charge is 2.43. The molecule has 2 fully saturated rings. The normalized spacial score (nSPS) is 27.2. The van der Waals surface area contributed by atoms with Crippen LogP contribution in [0.15, 0.2) is 0 Å². The van der Waals surface area contributed by atoms with Crippen LogP contribution in [0.3, 0.4) is 0 Å². The Balaban J connectivity index is 1.68. The van der Waals surface area contributed by atoms with Crippen LogP contribution in [0.2, 0.25) is 0 Å². The Morgan fingerprint density at radius 1 is 1.31 bits per heavy atom. The van der Waals surface area contributed by atoms with Crippen LogP contribution in [0.1, 0.15) is 25.7 Å². The van der Waals surface area contributed by atoms with E-state index in [-0.39, 0.29) is 0 Å². The summed E-state index contributed by atoms with van der Waals surface area (Å²) in [5.41, 5.74) is 4.82. The molecule has 2 rings (SSSR count). The van der Waals surface area contributed by atoms with E-state index in [0.717, 1.165) is 25.4 Å². The lowest BCUT2D eigenvalue weighted by Gasteiger charge is -2.26. The molecule has 0 aromatic heterocycles. The van der Waals surface area contributed by atoms with Gasteiger partial charge in [-0.1, -0.05) is 0 Å². The van der Waals surface area contributed by atoms with Gasteiger partial charge in [-0.3, -0.25) is 0 Å². The predicted molar refractivity (Wildman–Crippen MR) is 50.3 cm³/mol. The zero-order valence-electron chi connectivity index (χ0n) is 8.04. The average molecular weight is 185 g/mol. The van der Waals surface area contributed by atoms with E-state index in [9.17, 15) is 5.11 Å². The SMILES string of the molecule is NCC(O)(COCC1CC1)C1CC1. The molecule has 76 valence electrons. The molecule has 13 heavy (non-hydrogen) atoms. The quantitative estimate of drug-likeness (QED) is 0.634. The van der Waals surface area contributed by atoms with Crippen LogP contribution in [0.5, 0.6) is 0 Å². The molecule has 0 aromatic carbocycles. The largest absolute Gasteiger partial charge is 0.386 e. The molecular weight excluding hydrogens is 166 g/mol. The van der Waals surface area contributed by atoms with Crippen molar-refractivity contribution in [1.82, 2.24) is 0 Å². The second-order valence-electron chi connectivity index (χ2n) is 4.54. The molecule has 0 saturated heterocycles. The Labute approximate surface area is 79.3 Å². The van der Waals surface area contributed by atoms with Crippen LogP contribution < -0.4 is 5.73 Å². The number of rotatable bonds is 6. The maximum Gasteiger partial charge on any atom is 0.103 e. The lowest BCUT2D eigenvalue weighted by atomic mass is 9.99. The molecule has 0 amide bonds. The molecule has 0 heterocycles. The predicted octanol–water partition coefficient (Wildman–Crippen LogP) is 0.513. The topological polar surface area (TPSA) is 55.5 Å². The summed E-state index contributed by atoms with van der Waals surface area (Å²) in [6, 6.07) is 0. The van der Waals surface area contributed by atoms with Crippen molar-refractivity contribution in [1.29, 1.82) is 0 Å². The first-order chi connectivity index (χ1) is 6.24. The van der Waals surface area contributed by atoms with E-state index in [4.69, 9.17) is 10.5 Å². The lowest BCUT2D eigenvalue weighted by Crippen LogP contribution is -2.44. The highest BCUT2D eigenvalue weighted by Crippen LogP contribution is 2.39. The van der Waals surface area contributed by atoms with E-state index in [0.29, 0.717) is 19.1 Å². The second-order valence-corrected chi connectivity index (χ2v) is 4.54. The van der Waals surface area contributed by atoms with E-state index >= 15 is 0 Å². The summed E-state index contributed by atoms with van der Waals surface area (Å²) in [6.45, 7) is 1.59. The van der Waals surface area contributed by atoms with Gasteiger partial charge in [0.15, 0.2) is 0 Å². The van der Waals surface area contributed by atoms with Crippen molar-refractivity contribution < 1.29 is 9.84 Å². The van der Waals surface area contributed by atoms with E-state index in [1.807, 2.05) is 0 Å². The monoisotopic (exact) mass is 185 g/mol. The van der Waals surface area contributed by atoms with E-state index in [1.165, 1.54) is 12.8 Å². The molecule has 0 spiro atoms. The zero-order chi connectivity index (χ0) is 9.31. The number of hydrogen-bond acceptors (Lipinski definition) is 3. The van der Waals surface area contributed by atoms with Crippen LogP contribution in [0.25, 0.3) is 0 Å². The number of hydrogen-bond donors (Lipinski definition) is 2. The van der Waals surface area contributed by atoms with Crippen molar-refractivity contribution in [2.24, 2.45) is 17.6 Å². The smallest absolute Gasteiger partial charge is 0.103 e. The fourth-order valence-corrected chi connectivity index (χ4v) is 1.65. The van der Waals surface area contributed by atoms with Crippen molar-refractivity contribution in [3.05, 3.63) is 0 Å². The molecule has 0 aromatic rings. The van der Waals surface area contributed by atoms with Gasteiger partial charge in [0.2, 0.25) is 0 Å². The minimum absolute atomic E-state index is 0.336. The first kappa shape index (κ1) is 9.44. The Morgan fingerprint density at radius 2 is 2.00 bits per heavy atom. The van der Waals surface area contributed by atoms with Gasteiger partial charge in [-0.05, 0) is 37.5 Å².